The van der Waals surface area contributed by atoms with Crippen LogP contribution in [-0.4, -0.2) is 69.3 Å². The third-order valence-corrected chi connectivity index (χ3v) is 9.73. The number of carbonyl (C=O) groups is 1. The van der Waals surface area contributed by atoms with E-state index in [1.807, 2.05) is 19.9 Å². The third-order valence-electron chi connectivity index (χ3n) is 7.29. The molecule has 1 atom stereocenters. The van der Waals surface area contributed by atoms with Gasteiger partial charge in [-0.1, -0.05) is 11.3 Å². The molecule has 40 heavy (non-hydrogen) atoms. The smallest absolute Gasteiger partial charge is 0.322 e. The number of nitriles is 1. The van der Waals surface area contributed by atoms with E-state index in [1.165, 1.54) is 16.7 Å². The van der Waals surface area contributed by atoms with E-state index in [4.69, 9.17) is 4.98 Å². The topological polar surface area (TPSA) is 166 Å². The number of piperazine rings is 1. The van der Waals surface area contributed by atoms with Gasteiger partial charge in [-0.25, -0.2) is 22.2 Å². The van der Waals surface area contributed by atoms with E-state index in [2.05, 4.69) is 20.2 Å². The largest absolute Gasteiger partial charge is 0.480 e. The van der Waals surface area contributed by atoms with Gasteiger partial charge < -0.3 is 10.0 Å². The maximum atomic E-state index is 13.6. The van der Waals surface area contributed by atoms with Gasteiger partial charge in [0.2, 0.25) is 10.0 Å². The number of alkyl halides is 2. The van der Waals surface area contributed by atoms with Crippen molar-refractivity contribution in [3.05, 3.63) is 23.0 Å². The molecule has 1 saturated heterocycles. The molecule has 4 heterocycles. The van der Waals surface area contributed by atoms with Crippen LogP contribution in [0.2, 0.25) is 0 Å². The van der Waals surface area contributed by atoms with Gasteiger partial charge in [-0.15, -0.1) is 10.2 Å². The Morgan fingerprint density at radius 3 is 2.62 bits per heavy atom. The van der Waals surface area contributed by atoms with Crippen molar-refractivity contribution in [3.63, 3.8) is 0 Å². The summed E-state index contributed by atoms with van der Waals surface area (Å²) >= 11 is 0.713. The fraction of sp³-hybridized carbons (Fsp3) is 0.542. The summed E-state index contributed by atoms with van der Waals surface area (Å²) in [7, 11) is -4.21. The zero-order valence-electron chi connectivity index (χ0n) is 21.6. The molecule has 0 bridgehead atoms. The Labute approximate surface area is 232 Å². The van der Waals surface area contributed by atoms with E-state index >= 15 is 0 Å². The van der Waals surface area contributed by atoms with Crippen molar-refractivity contribution < 1.29 is 27.1 Å². The first-order valence-corrected chi connectivity index (χ1v) is 15.0. The van der Waals surface area contributed by atoms with Crippen LogP contribution in [0.1, 0.15) is 62.6 Å². The van der Waals surface area contributed by atoms with Crippen molar-refractivity contribution in [2.75, 3.05) is 18.0 Å². The average Bonchev–Trinajstić information content (AvgIpc) is 3.78. The molecular weight excluding hydrogens is 566 g/mol. The van der Waals surface area contributed by atoms with Gasteiger partial charge in [0.25, 0.3) is 6.43 Å². The molecule has 3 N–H and O–H groups in total. The second-order valence-corrected chi connectivity index (χ2v) is 13.9. The van der Waals surface area contributed by atoms with Crippen LogP contribution in [0.3, 0.4) is 0 Å². The number of carboxylic acids is 1. The maximum absolute atomic E-state index is 13.6. The minimum absolute atomic E-state index is 0.0305. The lowest BCUT2D eigenvalue weighted by Crippen LogP contribution is -2.64. The van der Waals surface area contributed by atoms with Gasteiger partial charge in [0.15, 0.2) is 15.7 Å². The summed E-state index contributed by atoms with van der Waals surface area (Å²) in [5.74, 6) is -1.01. The van der Waals surface area contributed by atoms with Crippen LogP contribution in [0, 0.1) is 11.3 Å². The molecular formula is C24H26F2N8O4S2. The number of sulfonamides is 1. The number of fused-ring (bicyclic) bond motifs is 1. The molecule has 12 nitrogen and oxygen atoms in total. The average molecular weight is 593 g/mol. The van der Waals surface area contributed by atoms with Gasteiger partial charge in [-0.3, -0.25) is 14.5 Å². The highest BCUT2D eigenvalue weighted by Gasteiger charge is 2.47. The molecule has 0 aromatic carbocycles. The highest BCUT2D eigenvalue weighted by molar-refractivity contribution is 7.89. The number of pyridine rings is 1. The lowest BCUT2D eigenvalue weighted by molar-refractivity contribution is -0.140. The molecule has 212 valence electrons. The SMILES string of the molecule is CC1(C)CN(c2cc(S(=O)(=O)NC3(C#N)CC3)cn3c(-c4nnc(C(F)F)s4)c(C4CC4)nc23)C[C@H](C(=O)O)N1. The number of rotatable bonds is 8. The van der Waals surface area contributed by atoms with Crippen LogP contribution in [-0.2, 0) is 14.8 Å². The standard InChI is InChI=1S/C24H26F2N8O4S2/c1-23(2)11-33(9-14(29-23)22(35)36)15-7-13(40(37,38)32-24(10-27)5-6-24)8-34-17(16(12-3-4-12)28-19(15)34)20-30-31-21(39-20)18(25)26/h7-8,12,14,18,29,32H,3-6,9,11H2,1-2H3,(H,35,36)/t14-/m1/s1. The van der Waals surface area contributed by atoms with E-state index in [0.717, 1.165) is 12.8 Å². The van der Waals surface area contributed by atoms with Crippen LogP contribution in [0.15, 0.2) is 17.2 Å². The van der Waals surface area contributed by atoms with Crippen molar-refractivity contribution in [1.82, 2.24) is 29.6 Å². The summed E-state index contributed by atoms with van der Waals surface area (Å²) < 4.78 is 58.0. The second-order valence-electron chi connectivity index (χ2n) is 11.2. The Hall–Kier alpha value is -3.26. The fourth-order valence-corrected chi connectivity index (χ4v) is 7.24. The molecule has 2 aliphatic carbocycles. The Morgan fingerprint density at radius 1 is 1.32 bits per heavy atom. The van der Waals surface area contributed by atoms with Gasteiger partial charge in [0.05, 0.1) is 17.5 Å². The summed E-state index contributed by atoms with van der Waals surface area (Å²) in [6.45, 7) is 4.06. The maximum Gasteiger partial charge on any atom is 0.322 e. The summed E-state index contributed by atoms with van der Waals surface area (Å²) in [5, 5.41) is 29.7. The molecule has 3 aromatic heterocycles. The van der Waals surface area contributed by atoms with Crippen LogP contribution in [0.5, 0.6) is 0 Å². The highest BCUT2D eigenvalue weighted by atomic mass is 32.2. The number of imidazole rings is 1. The van der Waals surface area contributed by atoms with Gasteiger partial charge in [0.1, 0.15) is 22.2 Å². The zero-order valence-corrected chi connectivity index (χ0v) is 23.2. The van der Waals surface area contributed by atoms with Crippen molar-refractivity contribution in [2.45, 2.75) is 73.9 Å². The monoisotopic (exact) mass is 592 g/mol. The summed E-state index contributed by atoms with van der Waals surface area (Å²) in [6.07, 6.45) is 0.953. The number of anilines is 1. The van der Waals surface area contributed by atoms with Crippen molar-refractivity contribution in [3.8, 4) is 16.8 Å². The molecule has 0 radical (unpaired) electrons. The van der Waals surface area contributed by atoms with E-state index in [0.29, 0.717) is 53.4 Å². The van der Waals surface area contributed by atoms with Crippen LogP contribution < -0.4 is 14.9 Å². The Balaban J connectivity index is 1.58. The lowest BCUT2D eigenvalue weighted by atomic mass is 9.98. The van der Waals surface area contributed by atoms with Gasteiger partial charge >= 0.3 is 5.97 Å². The molecule has 1 aliphatic heterocycles. The number of nitrogens with zero attached hydrogens (tertiary/aromatic N) is 6. The predicted octanol–water partition coefficient (Wildman–Crippen LogP) is 2.64. The number of nitrogens with one attached hydrogen (secondary N) is 2. The molecule has 2 saturated carbocycles. The first-order chi connectivity index (χ1) is 18.8. The van der Waals surface area contributed by atoms with Crippen LogP contribution in [0.25, 0.3) is 16.3 Å². The summed E-state index contributed by atoms with van der Waals surface area (Å²) in [5.41, 5.74) is -0.122. The molecule has 0 amide bonds. The molecule has 0 spiro atoms. The van der Waals surface area contributed by atoms with Crippen molar-refractivity contribution in [1.29, 1.82) is 5.26 Å². The minimum atomic E-state index is -4.21. The Morgan fingerprint density at radius 2 is 2.05 bits per heavy atom. The Bertz CT molecular complexity index is 1670. The molecule has 16 heteroatoms. The number of hydrogen-bond donors (Lipinski definition) is 3. The van der Waals surface area contributed by atoms with Crippen LogP contribution >= 0.6 is 11.3 Å². The second kappa shape index (κ2) is 9.13. The molecule has 0 unspecified atom stereocenters. The first kappa shape index (κ1) is 26.9. The molecule has 3 aliphatic rings. The van der Waals surface area contributed by atoms with Crippen molar-refractivity contribution in [2.24, 2.45) is 0 Å². The minimum Gasteiger partial charge on any atom is -0.480 e. The lowest BCUT2D eigenvalue weighted by Gasteiger charge is -2.43. The Kier molecular flexibility index (Phi) is 6.15. The predicted molar refractivity (Wildman–Crippen MR) is 140 cm³/mol. The van der Waals surface area contributed by atoms with E-state index in [1.54, 1.807) is 4.90 Å². The van der Waals surface area contributed by atoms with E-state index < -0.39 is 44.5 Å². The van der Waals surface area contributed by atoms with Gasteiger partial charge in [0, 0.05) is 30.7 Å². The van der Waals surface area contributed by atoms with E-state index in [9.17, 15) is 32.4 Å². The normalized spacial score (nSPS) is 22.0. The van der Waals surface area contributed by atoms with E-state index in [-0.39, 0.29) is 22.4 Å². The number of aromatic nitrogens is 4. The number of carboxylic acid groups (broad SMARTS) is 1. The first-order valence-electron chi connectivity index (χ1n) is 12.7. The third kappa shape index (κ3) is 4.80. The number of hydrogen-bond acceptors (Lipinski definition) is 10. The van der Waals surface area contributed by atoms with Gasteiger partial charge in [-0.05, 0) is 45.6 Å². The molecule has 6 rings (SSSR count). The summed E-state index contributed by atoms with van der Waals surface area (Å²) in [4.78, 5) is 18.5. The quantitative estimate of drug-likeness (QED) is 0.354. The van der Waals surface area contributed by atoms with Crippen LogP contribution in [0.4, 0.5) is 14.5 Å². The number of aliphatic carboxylic acids is 1. The number of halogens is 2. The molecule has 3 aromatic rings. The fourth-order valence-electron chi connectivity index (χ4n) is 5.10. The molecule has 3 fully saturated rings. The van der Waals surface area contributed by atoms with Crippen molar-refractivity contribution >= 4 is 38.7 Å². The summed E-state index contributed by atoms with van der Waals surface area (Å²) in [6, 6.07) is 2.51. The zero-order chi connectivity index (χ0) is 28.6. The van der Waals surface area contributed by atoms with Gasteiger partial charge in [-0.2, -0.15) is 9.98 Å². The highest BCUT2D eigenvalue weighted by Crippen LogP contribution is 2.46.